The van der Waals surface area contributed by atoms with Gasteiger partial charge in [0.1, 0.15) is 5.82 Å². The lowest BCUT2D eigenvalue weighted by Crippen LogP contribution is -2.23. The van der Waals surface area contributed by atoms with Crippen molar-refractivity contribution >= 4 is 11.5 Å². The van der Waals surface area contributed by atoms with Gasteiger partial charge in [-0.2, -0.15) is 0 Å². The van der Waals surface area contributed by atoms with Gasteiger partial charge < -0.3 is 10.6 Å². The average molecular weight is 269 g/mol. The smallest absolute Gasteiger partial charge is 0.136 e. The SMILES string of the molecule is CCN(c1ccc(C)cc1)c1ncccc1CC(C)N. The number of nitrogens with two attached hydrogens (primary N) is 1. The number of rotatable bonds is 5. The first kappa shape index (κ1) is 14.5. The quantitative estimate of drug-likeness (QED) is 0.904. The van der Waals surface area contributed by atoms with Crippen LogP contribution in [0.5, 0.6) is 0 Å². The van der Waals surface area contributed by atoms with Crippen molar-refractivity contribution in [2.45, 2.75) is 33.2 Å². The van der Waals surface area contributed by atoms with Crippen LogP contribution in [0.3, 0.4) is 0 Å². The van der Waals surface area contributed by atoms with Crippen LogP contribution in [0.15, 0.2) is 42.6 Å². The van der Waals surface area contributed by atoms with Crippen LogP contribution < -0.4 is 10.6 Å². The van der Waals surface area contributed by atoms with Crippen LogP contribution in [0.25, 0.3) is 0 Å². The molecule has 0 saturated carbocycles. The first-order valence-electron chi connectivity index (χ1n) is 7.15. The second kappa shape index (κ2) is 6.53. The Labute approximate surface area is 121 Å². The van der Waals surface area contributed by atoms with Crippen molar-refractivity contribution in [3.05, 3.63) is 53.7 Å². The molecule has 0 fully saturated rings. The van der Waals surface area contributed by atoms with Gasteiger partial charge in [0.15, 0.2) is 0 Å². The molecule has 2 aromatic rings. The highest BCUT2D eigenvalue weighted by Gasteiger charge is 2.13. The Morgan fingerprint density at radius 3 is 2.50 bits per heavy atom. The largest absolute Gasteiger partial charge is 0.328 e. The van der Waals surface area contributed by atoms with E-state index in [0.29, 0.717) is 0 Å². The lowest BCUT2D eigenvalue weighted by Gasteiger charge is -2.25. The first-order valence-corrected chi connectivity index (χ1v) is 7.15. The number of anilines is 2. The minimum atomic E-state index is 0.134. The molecule has 2 N–H and O–H groups in total. The summed E-state index contributed by atoms with van der Waals surface area (Å²) in [4.78, 5) is 6.81. The van der Waals surface area contributed by atoms with Crippen molar-refractivity contribution in [2.75, 3.05) is 11.4 Å². The highest BCUT2D eigenvalue weighted by atomic mass is 15.2. The van der Waals surface area contributed by atoms with E-state index in [1.807, 2.05) is 19.2 Å². The summed E-state index contributed by atoms with van der Waals surface area (Å²) >= 11 is 0. The molecule has 0 saturated heterocycles. The molecule has 20 heavy (non-hydrogen) atoms. The van der Waals surface area contributed by atoms with Crippen LogP contribution in [0.4, 0.5) is 11.5 Å². The molecular weight excluding hydrogens is 246 g/mol. The van der Waals surface area contributed by atoms with Crippen LogP contribution in [0, 0.1) is 6.92 Å². The van der Waals surface area contributed by atoms with Crippen LogP contribution in [0.2, 0.25) is 0 Å². The Morgan fingerprint density at radius 1 is 1.20 bits per heavy atom. The van der Waals surface area contributed by atoms with Gasteiger partial charge in [0.25, 0.3) is 0 Å². The second-order valence-corrected chi connectivity index (χ2v) is 5.25. The summed E-state index contributed by atoms with van der Waals surface area (Å²) in [6.45, 7) is 7.15. The molecule has 106 valence electrons. The molecule has 1 heterocycles. The van der Waals surface area contributed by atoms with E-state index < -0.39 is 0 Å². The molecule has 1 atom stereocenters. The molecule has 0 spiro atoms. The molecule has 0 aliphatic carbocycles. The van der Waals surface area contributed by atoms with Gasteiger partial charge >= 0.3 is 0 Å². The Bertz CT molecular complexity index is 546. The highest BCUT2D eigenvalue weighted by molar-refractivity contribution is 5.63. The third-order valence-corrected chi connectivity index (χ3v) is 3.33. The molecule has 1 unspecified atom stereocenters. The van der Waals surface area contributed by atoms with Crippen molar-refractivity contribution < 1.29 is 0 Å². The van der Waals surface area contributed by atoms with Crippen molar-refractivity contribution in [3.63, 3.8) is 0 Å². The summed E-state index contributed by atoms with van der Waals surface area (Å²) < 4.78 is 0. The maximum atomic E-state index is 5.95. The van der Waals surface area contributed by atoms with Crippen LogP contribution in [-0.2, 0) is 6.42 Å². The first-order chi connectivity index (χ1) is 9.61. The van der Waals surface area contributed by atoms with Gasteiger partial charge in [-0.15, -0.1) is 0 Å². The van der Waals surface area contributed by atoms with Gasteiger partial charge in [0, 0.05) is 24.5 Å². The number of hydrogen-bond acceptors (Lipinski definition) is 3. The summed E-state index contributed by atoms with van der Waals surface area (Å²) in [5.74, 6) is 1.01. The van der Waals surface area contributed by atoms with Crippen molar-refractivity contribution in [1.82, 2.24) is 4.98 Å². The van der Waals surface area contributed by atoms with Gasteiger partial charge in [-0.1, -0.05) is 23.8 Å². The van der Waals surface area contributed by atoms with Crippen LogP contribution >= 0.6 is 0 Å². The van der Waals surface area contributed by atoms with E-state index >= 15 is 0 Å². The predicted molar refractivity (Wildman–Crippen MR) is 85.4 cm³/mol. The normalized spacial score (nSPS) is 12.2. The van der Waals surface area contributed by atoms with E-state index in [9.17, 15) is 0 Å². The number of benzene rings is 1. The minimum absolute atomic E-state index is 0.134. The lowest BCUT2D eigenvalue weighted by atomic mass is 10.1. The molecule has 2 rings (SSSR count). The van der Waals surface area contributed by atoms with E-state index in [4.69, 9.17) is 5.73 Å². The summed E-state index contributed by atoms with van der Waals surface area (Å²) in [6, 6.07) is 12.8. The lowest BCUT2D eigenvalue weighted by molar-refractivity contribution is 0.733. The molecule has 0 aliphatic rings. The molecule has 3 heteroatoms. The summed E-state index contributed by atoms with van der Waals surface area (Å²) in [6.07, 6.45) is 2.68. The van der Waals surface area contributed by atoms with Crippen molar-refractivity contribution in [3.8, 4) is 0 Å². The zero-order valence-corrected chi connectivity index (χ0v) is 12.5. The molecule has 0 bridgehead atoms. The molecule has 3 nitrogen and oxygen atoms in total. The van der Waals surface area contributed by atoms with E-state index in [-0.39, 0.29) is 6.04 Å². The van der Waals surface area contributed by atoms with Gasteiger partial charge in [-0.05, 0) is 51.0 Å². The number of aromatic nitrogens is 1. The number of aryl methyl sites for hydroxylation is 1. The fourth-order valence-corrected chi connectivity index (χ4v) is 2.36. The van der Waals surface area contributed by atoms with Crippen LogP contribution in [-0.4, -0.2) is 17.6 Å². The highest BCUT2D eigenvalue weighted by Crippen LogP contribution is 2.27. The summed E-state index contributed by atoms with van der Waals surface area (Å²) in [5.41, 5.74) is 9.58. The Kier molecular flexibility index (Phi) is 4.74. The molecule has 1 aromatic carbocycles. The molecule has 0 amide bonds. The number of pyridine rings is 1. The fraction of sp³-hybridized carbons (Fsp3) is 0.353. The predicted octanol–water partition coefficient (Wildman–Crippen LogP) is 3.44. The number of nitrogens with zero attached hydrogens (tertiary/aromatic N) is 2. The minimum Gasteiger partial charge on any atom is -0.328 e. The zero-order valence-electron chi connectivity index (χ0n) is 12.5. The Morgan fingerprint density at radius 2 is 1.90 bits per heavy atom. The summed E-state index contributed by atoms with van der Waals surface area (Å²) in [7, 11) is 0. The maximum absolute atomic E-state index is 5.95. The topological polar surface area (TPSA) is 42.2 Å². The van der Waals surface area contributed by atoms with E-state index in [2.05, 4.69) is 54.1 Å². The molecule has 0 aliphatic heterocycles. The maximum Gasteiger partial charge on any atom is 0.136 e. The molecular formula is C17H23N3. The van der Waals surface area contributed by atoms with Gasteiger partial charge in [-0.25, -0.2) is 4.98 Å². The second-order valence-electron chi connectivity index (χ2n) is 5.25. The fourth-order valence-electron chi connectivity index (χ4n) is 2.36. The Hall–Kier alpha value is -1.87. The van der Waals surface area contributed by atoms with Gasteiger partial charge in [0.05, 0.1) is 0 Å². The zero-order chi connectivity index (χ0) is 14.5. The molecule has 0 radical (unpaired) electrons. The number of hydrogen-bond donors (Lipinski definition) is 1. The Balaban J connectivity index is 2.38. The van der Waals surface area contributed by atoms with Crippen molar-refractivity contribution in [1.29, 1.82) is 0 Å². The standard InChI is InChI=1S/C17H23N3/c1-4-20(16-9-7-13(2)8-10-16)17-15(12-14(3)18)6-5-11-19-17/h5-11,14H,4,12,18H2,1-3H3. The summed E-state index contributed by atoms with van der Waals surface area (Å²) in [5, 5.41) is 0. The van der Waals surface area contributed by atoms with E-state index in [0.717, 1.165) is 18.8 Å². The molecule has 1 aromatic heterocycles. The van der Waals surface area contributed by atoms with Gasteiger partial charge in [0.2, 0.25) is 0 Å². The average Bonchev–Trinajstić information content (AvgIpc) is 2.43. The third-order valence-electron chi connectivity index (χ3n) is 3.33. The monoisotopic (exact) mass is 269 g/mol. The van der Waals surface area contributed by atoms with Crippen LogP contribution in [0.1, 0.15) is 25.0 Å². The third kappa shape index (κ3) is 3.36. The van der Waals surface area contributed by atoms with E-state index in [1.54, 1.807) is 0 Å². The van der Waals surface area contributed by atoms with Crippen molar-refractivity contribution in [2.24, 2.45) is 5.73 Å². The van der Waals surface area contributed by atoms with E-state index in [1.165, 1.54) is 16.8 Å². The van der Waals surface area contributed by atoms with Gasteiger partial charge in [-0.3, -0.25) is 0 Å².